The summed E-state index contributed by atoms with van der Waals surface area (Å²) in [7, 11) is 0. The molecule has 2 aliphatic rings. The average molecular weight is 522 g/mol. The molecule has 4 atom stereocenters. The molecule has 1 saturated heterocycles. The average Bonchev–Trinajstić information content (AvgIpc) is 3.63. The van der Waals surface area contributed by atoms with Crippen molar-refractivity contribution in [2.45, 2.75) is 56.5 Å². The highest BCUT2D eigenvalue weighted by molar-refractivity contribution is 7.80. The van der Waals surface area contributed by atoms with E-state index in [9.17, 15) is 0 Å². The second kappa shape index (κ2) is 9.14. The first kappa shape index (κ1) is 23.9. The van der Waals surface area contributed by atoms with E-state index >= 15 is 0 Å². The number of hydrogen-bond acceptors (Lipinski definition) is 10. The SMILES string of the molecule is CC1(C)O[C@@H]2C[C@H](OC(=S)n3ccnc3)[C@@H](n3cnc4c(N)ncnc43)[C@@]2(COCc2ccccc2)O1. The predicted molar refractivity (Wildman–Crippen MR) is 137 cm³/mol. The number of nitrogens with zero attached hydrogens (tertiary/aromatic N) is 6. The fourth-order valence-corrected chi connectivity index (χ4v) is 5.64. The first-order chi connectivity index (χ1) is 17.9. The van der Waals surface area contributed by atoms with Gasteiger partial charge in [-0.25, -0.2) is 19.9 Å². The third-order valence-electron chi connectivity index (χ3n) is 6.80. The van der Waals surface area contributed by atoms with Crippen LogP contribution in [0.3, 0.4) is 0 Å². The van der Waals surface area contributed by atoms with Crippen LogP contribution in [0.2, 0.25) is 0 Å². The predicted octanol–water partition coefficient (Wildman–Crippen LogP) is 2.88. The minimum Gasteiger partial charge on any atom is -0.465 e. The quantitative estimate of drug-likeness (QED) is 0.379. The first-order valence-electron chi connectivity index (χ1n) is 12.0. The van der Waals surface area contributed by atoms with E-state index in [0.29, 0.717) is 30.0 Å². The molecule has 1 aromatic carbocycles. The van der Waals surface area contributed by atoms with Crippen LogP contribution in [0, 0.1) is 0 Å². The lowest BCUT2D eigenvalue weighted by molar-refractivity contribution is -0.195. The van der Waals surface area contributed by atoms with Crippen LogP contribution in [0.25, 0.3) is 11.2 Å². The van der Waals surface area contributed by atoms with Crippen LogP contribution in [-0.2, 0) is 25.6 Å². The lowest BCUT2D eigenvalue weighted by Gasteiger charge is -2.37. The van der Waals surface area contributed by atoms with Crippen molar-refractivity contribution in [3.63, 3.8) is 0 Å². The second-order valence-corrected chi connectivity index (χ2v) is 10.0. The number of hydrogen-bond donors (Lipinski definition) is 1. The normalized spacial score (nSPS) is 26.4. The molecular formula is C25H27N7O4S. The number of aromatic nitrogens is 6. The highest BCUT2D eigenvalue weighted by atomic mass is 32.1. The van der Waals surface area contributed by atoms with Gasteiger partial charge in [0.1, 0.15) is 35.9 Å². The van der Waals surface area contributed by atoms with Gasteiger partial charge in [-0.05, 0) is 31.6 Å². The third kappa shape index (κ3) is 4.25. The van der Waals surface area contributed by atoms with E-state index in [1.54, 1.807) is 29.6 Å². The van der Waals surface area contributed by atoms with Gasteiger partial charge in [-0.2, -0.15) is 0 Å². The Morgan fingerprint density at radius 1 is 1.19 bits per heavy atom. The van der Waals surface area contributed by atoms with Crippen LogP contribution in [0.5, 0.6) is 0 Å². The molecule has 4 heterocycles. The van der Waals surface area contributed by atoms with E-state index in [1.807, 2.05) is 48.7 Å². The van der Waals surface area contributed by atoms with E-state index in [2.05, 4.69) is 19.9 Å². The van der Waals surface area contributed by atoms with Crippen molar-refractivity contribution in [2.75, 3.05) is 12.3 Å². The number of anilines is 1. The molecule has 0 amide bonds. The van der Waals surface area contributed by atoms with Crippen LogP contribution in [0.4, 0.5) is 5.82 Å². The lowest BCUT2D eigenvalue weighted by atomic mass is 9.95. The van der Waals surface area contributed by atoms with Crippen LogP contribution >= 0.6 is 12.2 Å². The zero-order chi connectivity index (χ0) is 25.6. The molecule has 4 aromatic rings. The molecule has 1 saturated carbocycles. The Morgan fingerprint density at radius 2 is 2.03 bits per heavy atom. The third-order valence-corrected chi connectivity index (χ3v) is 7.11. The maximum Gasteiger partial charge on any atom is 0.269 e. The van der Waals surface area contributed by atoms with Crippen molar-refractivity contribution in [3.8, 4) is 0 Å². The van der Waals surface area contributed by atoms with Crippen molar-refractivity contribution in [3.05, 3.63) is 67.3 Å². The summed E-state index contributed by atoms with van der Waals surface area (Å²) in [6, 6.07) is 9.55. The van der Waals surface area contributed by atoms with Gasteiger partial charge in [0.05, 0.1) is 25.6 Å². The molecular weight excluding hydrogens is 494 g/mol. The van der Waals surface area contributed by atoms with Gasteiger partial charge in [0.15, 0.2) is 17.3 Å². The summed E-state index contributed by atoms with van der Waals surface area (Å²) >= 11 is 5.59. The summed E-state index contributed by atoms with van der Waals surface area (Å²) in [5, 5.41) is 0.269. The molecule has 1 aliphatic heterocycles. The number of fused-ring (bicyclic) bond motifs is 2. The Kier molecular flexibility index (Phi) is 5.91. The number of nitrogens with two attached hydrogens (primary N) is 1. The van der Waals surface area contributed by atoms with E-state index in [-0.39, 0.29) is 17.9 Å². The summed E-state index contributed by atoms with van der Waals surface area (Å²) in [5.74, 6) is -0.540. The number of benzene rings is 1. The molecule has 192 valence electrons. The van der Waals surface area contributed by atoms with Gasteiger partial charge in [-0.15, -0.1) is 0 Å². The second-order valence-electron chi connectivity index (χ2n) is 9.70. The Morgan fingerprint density at radius 3 is 2.81 bits per heavy atom. The monoisotopic (exact) mass is 521 g/mol. The van der Waals surface area contributed by atoms with Gasteiger partial charge >= 0.3 is 0 Å². The smallest absolute Gasteiger partial charge is 0.269 e. The molecule has 6 rings (SSSR count). The maximum atomic E-state index is 6.70. The molecule has 0 spiro atoms. The number of imidazole rings is 2. The molecule has 2 N–H and O–H groups in total. The van der Waals surface area contributed by atoms with Gasteiger partial charge in [-0.3, -0.25) is 4.57 Å². The first-order valence-corrected chi connectivity index (χ1v) is 12.4. The lowest BCUT2D eigenvalue weighted by Crippen LogP contribution is -2.49. The van der Waals surface area contributed by atoms with Gasteiger partial charge in [0.2, 0.25) is 0 Å². The van der Waals surface area contributed by atoms with Crippen molar-refractivity contribution in [1.29, 1.82) is 0 Å². The molecule has 12 heteroatoms. The summed E-state index contributed by atoms with van der Waals surface area (Å²) in [6.45, 7) is 4.47. The minimum atomic E-state index is -0.916. The molecule has 3 aromatic heterocycles. The molecule has 0 unspecified atom stereocenters. The van der Waals surface area contributed by atoms with Crippen LogP contribution in [0.1, 0.15) is 31.9 Å². The van der Waals surface area contributed by atoms with Crippen LogP contribution < -0.4 is 5.73 Å². The minimum absolute atomic E-state index is 0.249. The van der Waals surface area contributed by atoms with Crippen molar-refractivity contribution >= 4 is 34.4 Å². The summed E-state index contributed by atoms with van der Waals surface area (Å²) < 4.78 is 29.4. The zero-order valence-corrected chi connectivity index (χ0v) is 21.2. The van der Waals surface area contributed by atoms with Crippen molar-refractivity contribution in [1.82, 2.24) is 29.1 Å². The standard InChI is InChI=1S/C25H27N7O4S/c1-24(2)35-18-10-17(34-23(37)31-9-8-27-14-31)20(32-15-30-19-21(26)28-13-29-22(19)32)25(18,36-24)12-33-11-16-6-4-3-5-7-16/h3-9,13-15,17-18,20H,10-12H2,1-2H3,(H2,26,28,29)/t17-,18+,20+,25-/m0/s1. The molecule has 1 aliphatic carbocycles. The van der Waals surface area contributed by atoms with Crippen LogP contribution in [0.15, 0.2) is 61.7 Å². The molecule has 0 bridgehead atoms. The fraction of sp³-hybridized carbons (Fsp3) is 0.400. The number of nitrogen functional groups attached to an aromatic ring is 1. The number of thiocarbonyl (C=S) groups is 1. The van der Waals surface area contributed by atoms with E-state index in [1.165, 1.54) is 6.33 Å². The van der Waals surface area contributed by atoms with E-state index < -0.39 is 23.5 Å². The zero-order valence-electron chi connectivity index (χ0n) is 20.4. The van der Waals surface area contributed by atoms with E-state index in [4.69, 9.17) is 36.9 Å². The Labute approximate surface area is 218 Å². The Bertz CT molecular complexity index is 1410. The summed E-state index contributed by atoms with van der Waals surface area (Å²) in [5.41, 5.74) is 7.32. The van der Waals surface area contributed by atoms with Crippen LogP contribution in [-0.4, -0.2) is 64.4 Å². The molecule has 0 radical (unpaired) electrons. The highest BCUT2D eigenvalue weighted by Gasteiger charge is 2.66. The molecule has 37 heavy (non-hydrogen) atoms. The van der Waals surface area contributed by atoms with Gasteiger partial charge in [0.25, 0.3) is 5.17 Å². The Balaban J connectivity index is 1.40. The number of ether oxygens (including phenoxy) is 4. The van der Waals surface area contributed by atoms with E-state index in [0.717, 1.165) is 5.56 Å². The largest absolute Gasteiger partial charge is 0.465 e. The van der Waals surface area contributed by atoms with Gasteiger partial charge in [0, 0.05) is 18.8 Å². The van der Waals surface area contributed by atoms with Crippen molar-refractivity contribution < 1.29 is 18.9 Å². The summed E-state index contributed by atoms with van der Waals surface area (Å²) in [6.07, 6.45) is 7.83. The molecule has 2 fully saturated rings. The van der Waals surface area contributed by atoms with Gasteiger partial charge < -0.3 is 29.2 Å². The maximum absolute atomic E-state index is 6.70. The summed E-state index contributed by atoms with van der Waals surface area (Å²) in [4.78, 5) is 17.2. The fourth-order valence-electron chi connectivity index (χ4n) is 5.41. The highest BCUT2D eigenvalue weighted by Crippen LogP contribution is 2.53. The number of rotatable bonds is 6. The van der Waals surface area contributed by atoms with Gasteiger partial charge in [-0.1, -0.05) is 30.3 Å². The molecule has 11 nitrogen and oxygen atoms in total. The topological polar surface area (TPSA) is 124 Å². The van der Waals surface area contributed by atoms with Crippen molar-refractivity contribution in [2.24, 2.45) is 0 Å². The Hall–Kier alpha value is -3.45.